The summed E-state index contributed by atoms with van der Waals surface area (Å²) < 4.78 is 13.8. The first-order valence-corrected chi connectivity index (χ1v) is 10.8. The Labute approximate surface area is 187 Å². The maximum atomic E-state index is 13.8. The van der Waals surface area contributed by atoms with E-state index in [1.807, 2.05) is 60.7 Å². The highest BCUT2D eigenvalue weighted by atomic mass is 19.1. The number of benzene rings is 3. The first-order valence-electron chi connectivity index (χ1n) is 10.8. The Balaban J connectivity index is 1.36. The van der Waals surface area contributed by atoms with E-state index in [0.29, 0.717) is 25.9 Å². The van der Waals surface area contributed by atoms with Gasteiger partial charge >= 0.3 is 0 Å². The number of nitrogens with one attached hydrogen (secondary N) is 1. The van der Waals surface area contributed by atoms with Gasteiger partial charge < -0.3 is 5.32 Å². The Morgan fingerprint density at radius 1 is 0.844 bits per heavy atom. The molecule has 0 bridgehead atoms. The Morgan fingerprint density at radius 2 is 1.38 bits per heavy atom. The molecule has 3 aromatic carbocycles. The van der Waals surface area contributed by atoms with Crippen LogP contribution in [0.5, 0.6) is 0 Å². The number of para-hydroxylation sites is 2. The lowest BCUT2D eigenvalue weighted by atomic mass is 10.0. The molecule has 0 spiro atoms. The van der Waals surface area contributed by atoms with Crippen molar-refractivity contribution >= 4 is 23.2 Å². The van der Waals surface area contributed by atoms with E-state index in [4.69, 9.17) is 0 Å². The van der Waals surface area contributed by atoms with Crippen LogP contribution in [0.4, 0.5) is 15.8 Å². The van der Waals surface area contributed by atoms with Gasteiger partial charge in [-0.25, -0.2) is 4.39 Å². The maximum Gasteiger partial charge on any atom is 0.254 e. The third kappa shape index (κ3) is 5.21. The minimum atomic E-state index is -0.519. The second-order valence-corrected chi connectivity index (χ2v) is 7.90. The van der Waals surface area contributed by atoms with Gasteiger partial charge in [-0.05, 0) is 49.2 Å². The van der Waals surface area contributed by atoms with Crippen LogP contribution in [0.25, 0.3) is 0 Å². The van der Waals surface area contributed by atoms with E-state index in [1.165, 1.54) is 12.1 Å². The van der Waals surface area contributed by atoms with Crippen LogP contribution in [0.15, 0.2) is 84.9 Å². The molecule has 5 nitrogen and oxygen atoms in total. The number of hydrogen-bond acceptors (Lipinski definition) is 3. The van der Waals surface area contributed by atoms with Gasteiger partial charge in [0.25, 0.3) is 5.91 Å². The summed E-state index contributed by atoms with van der Waals surface area (Å²) in [5.41, 5.74) is 1.72. The van der Waals surface area contributed by atoms with E-state index >= 15 is 0 Å². The lowest BCUT2D eigenvalue weighted by Gasteiger charge is -2.33. The van der Waals surface area contributed by atoms with Crippen molar-refractivity contribution in [2.75, 3.05) is 24.5 Å². The minimum absolute atomic E-state index is 0.00348. The lowest BCUT2D eigenvalue weighted by molar-refractivity contribution is -0.119. The normalized spacial score (nSPS) is 14.7. The van der Waals surface area contributed by atoms with E-state index in [0.717, 1.165) is 11.4 Å². The van der Waals surface area contributed by atoms with Gasteiger partial charge in [0.05, 0.1) is 12.1 Å². The Hall–Kier alpha value is -3.51. The number of amides is 2. The maximum absolute atomic E-state index is 13.8. The Morgan fingerprint density at radius 3 is 1.94 bits per heavy atom. The monoisotopic (exact) mass is 431 g/mol. The zero-order valence-corrected chi connectivity index (χ0v) is 17.8. The van der Waals surface area contributed by atoms with Crippen molar-refractivity contribution in [1.82, 2.24) is 10.2 Å². The largest absolute Gasteiger partial charge is 0.349 e. The molecule has 1 aliphatic rings. The molecule has 6 heteroatoms. The summed E-state index contributed by atoms with van der Waals surface area (Å²) in [6.07, 6.45) is 1.42. The van der Waals surface area contributed by atoms with Crippen LogP contribution in [0.2, 0.25) is 0 Å². The van der Waals surface area contributed by atoms with Crippen molar-refractivity contribution in [3.63, 3.8) is 0 Å². The van der Waals surface area contributed by atoms with Crippen LogP contribution in [0.3, 0.4) is 0 Å². The van der Waals surface area contributed by atoms with Crippen LogP contribution in [0, 0.1) is 5.82 Å². The van der Waals surface area contributed by atoms with Crippen molar-refractivity contribution in [3.8, 4) is 0 Å². The average Bonchev–Trinajstić information content (AvgIpc) is 2.82. The summed E-state index contributed by atoms with van der Waals surface area (Å²) >= 11 is 0. The number of piperidine rings is 1. The number of carbonyl (C=O) groups excluding carboxylic acids is 2. The van der Waals surface area contributed by atoms with Gasteiger partial charge in [-0.1, -0.05) is 48.5 Å². The number of anilines is 2. The number of halogens is 1. The van der Waals surface area contributed by atoms with Crippen LogP contribution < -0.4 is 10.2 Å². The highest BCUT2D eigenvalue weighted by Crippen LogP contribution is 2.25. The summed E-state index contributed by atoms with van der Waals surface area (Å²) in [5, 5.41) is 2.92. The number of likely N-dealkylation sites (tertiary alicyclic amines) is 1. The Kier molecular flexibility index (Phi) is 6.92. The van der Waals surface area contributed by atoms with Crippen molar-refractivity contribution < 1.29 is 14.0 Å². The van der Waals surface area contributed by atoms with Crippen LogP contribution in [-0.2, 0) is 4.79 Å². The first kappa shape index (κ1) is 21.7. The number of rotatable bonds is 6. The van der Waals surface area contributed by atoms with Crippen molar-refractivity contribution in [2.24, 2.45) is 0 Å². The molecule has 0 radical (unpaired) electrons. The van der Waals surface area contributed by atoms with Gasteiger partial charge in [0.1, 0.15) is 5.82 Å². The molecule has 1 N–H and O–H groups in total. The summed E-state index contributed by atoms with van der Waals surface area (Å²) in [4.78, 5) is 29.5. The number of carbonyl (C=O) groups is 2. The molecular weight excluding hydrogens is 405 g/mol. The van der Waals surface area contributed by atoms with Gasteiger partial charge in [-0.2, -0.15) is 0 Å². The third-order valence-corrected chi connectivity index (χ3v) is 5.68. The lowest BCUT2D eigenvalue weighted by Crippen LogP contribution is -2.47. The van der Waals surface area contributed by atoms with Crippen LogP contribution in [0.1, 0.15) is 23.2 Å². The molecule has 3 aromatic rings. The molecule has 4 rings (SSSR count). The second-order valence-electron chi connectivity index (χ2n) is 7.90. The molecule has 1 saturated heterocycles. The molecule has 1 fully saturated rings. The third-order valence-electron chi connectivity index (χ3n) is 5.68. The molecule has 1 aliphatic heterocycles. The molecule has 1 heterocycles. The highest BCUT2D eigenvalue weighted by molar-refractivity contribution is 6.01. The van der Waals surface area contributed by atoms with Gasteiger partial charge in [0, 0.05) is 30.5 Å². The fourth-order valence-corrected chi connectivity index (χ4v) is 4.00. The smallest absolute Gasteiger partial charge is 0.254 e. The minimum Gasteiger partial charge on any atom is -0.349 e. The Bertz CT molecular complexity index is 1010. The molecule has 0 aromatic heterocycles. The predicted molar refractivity (Wildman–Crippen MR) is 123 cm³/mol. The van der Waals surface area contributed by atoms with Crippen molar-refractivity contribution in [3.05, 3.63) is 96.3 Å². The predicted octanol–water partition coefficient (Wildman–Crippen LogP) is 4.38. The van der Waals surface area contributed by atoms with Gasteiger partial charge in [0.15, 0.2) is 0 Å². The first-order chi connectivity index (χ1) is 15.6. The van der Waals surface area contributed by atoms with Gasteiger partial charge in [-0.15, -0.1) is 0 Å². The van der Waals surface area contributed by atoms with E-state index < -0.39 is 11.7 Å². The molecule has 0 unspecified atom stereocenters. The molecule has 164 valence electrons. The SMILES string of the molecule is O=C(NC1CCN(CC(=O)N(c2ccccc2)c2ccccc2)CC1)c1ccccc1F. The standard InChI is InChI=1S/C26H26FN3O2/c27-24-14-8-7-13-23(24)26(32)28-20-15-17-29(18-16-20)19-25(31)30(21-9-3-1-4-10-21)22-11-5-2-6-12-22/h1-14,20H,15-19H2,(H,28,32). The molecule has 0 saturated carbocycles. The fraction of sp³-hybridized carbons (Fsp3) is 0.231. The fourth-order valence-electron chi connectivity index (χ4n) is 4.00. The van der Waals surface area contributed by atoms with Gasteiger partial charge in [-0.3, -0.25) is 19.4 Å². The summed E-state index contributed by atoms with van der Waals surface area (Å²) in [6, 6.07) is 25.2. The van der Waals surface area contributed by atoms with E-state index in [-0.39, 0.29) is 24.1 Å². The van der Waals surface area contributed by atoms with E-state index in [1.54, 1.807) is 17.0 Å². The van der Waals surface area contributed by atoms with Crippen LogP contribution in [-0.4, -0.2) is 42.4 Å². The molecule has 0 atom stereocenters. The molecular formula is C26H26FN3O2. The average molecular weight is 432 g/mol. The van der Waals surface area contributed by atoms with Gasteiger partial charge in [0.2, 0.25) is 5.91 Å². The molecule has 0 aliphatic carbocycles. The van der Waals surface area contributed by atoms with Crippen molar-refractivity contribution in [1.29, 1.82) is 0 Å². The number of nitrogens with zero attached hydrogens (tertiary/aromatic N) is 2. The molecule has 32 heavy (non-hydrogen) atoms. The van der Waals surface area contributed by atoms with E-state index in [9.17, 15) is 14.0 Å². The quantitative estimate of drug-likeness (QED) is 0.630. The summed E-state index contributed by atoms with van der Waals surface area (Å²) in [6.45, 7) is 1.66. The zero-order valence-electron chi connectivity index (χ0n) is 17.8. The summed E-state index contributed by atoms with van der Waals surface area (Å²) in [7, 11) is 0. The second kappa shape index (κ2) is 10.2. The topological polar surface area (TPSA) is 52.7 Å². The van der Waals surface area contributed by atoms with Crippen LogP contribution >= 0.6 is 0 Å². The highest BCUT2D eigenvalue weighted by Gasteiger charge is 2.26. The molecule has 2 amide bonds. The summed E-state index contributed by atoms with van der Waals surface area (Å²) in [5.74, 6) is -0.914. The van der Waals surface area contributed by atoms with E-state index in [2.05, 4.69) is 10.2 Å². The number of hydrogen-bond donors (Lipinski definition) is 1. The zero-order chi connectivity index (χ0) is 22.3. The van der Waals surface area contributed by atoms with Crippen molar-refractivity contribution in [2.45, 2.75) is 18.9 Å².